The highest BCUT2D eigenvalue weighted by molar-refractivity contribution is 5.91. The van der Waals surface area contributed by atoms with Crippen LogP contribution in [0.2, 0.25) is 0 Å². The topological polar surface area (TPSA) is 38.3 Å². The van der Waals surface area contributed by atoms with E-state index >= 15 is 0 Å². The van der Waals surface area contributed by atoms with Crippen molar-refractivity contribution in [2.45, 2.75) is 58.3 Å². The Morgan fingerprint density at radius 2 is 2.04 bits per heavy atom. The standard InChI is InChI=1S/C23H31NO2/c1-3-4-5-6-10-22(25)24-14-13-17-15-19-9-7-8-18-11-12-21(26-2)20(16-17)23(18)19/h7-9,11-12,17H,3-6,10,13-16H2,1-2H3,(H,24,25). The van der Waals surface area contributed by atoms with Crippen LogP contribution in [0.5, 0.6) is 5.75 Å². The number of nitrogens with one attached hydrogen (secondary N) is 1. The summed E-state index contributed by atoms with van der Waals surface area (Å²) in [4.78, 5) is 12.0. The van der Waals surface area contributed by atoms with E-state index in [9.17, 15) is 4.79 Å². The van der Waals surface area contributed by atoms with Crippen molar-refractivity contribution in [1.29, 1.82) is 0 Å². The van der Waals surface area contributed by atoms with Gasteiger partial charge in [0.2, 0.25) is 5.91 Å². The van der Waals surface area contributed by atoms with Gasteiger partial charge >= 0.3 is 0 Å². The minimum absolute atomic E-state index is 0.206. The Bertz CT molecular complexity index is 753. The van der Waals surface area contributed by atoms with Crippen LogP contribution in [0, 0.1) is 5.92 Å². The van der Waals surface area contributed by atoms with Gasteiger partial charge in [0.1, 0.15) is 5.75 Å². The largest absolute Gasteiger partial charge is 0.496 e. The van der Waals surface area contributed by atoms with E-state index in [0.29, 0.717) is 12.3 Å². The molecule has 26 heavy (non-hydrogen) atoms. The SMILES string of the molecule is CCCCCCC(=O)NCCC1Cc2cccc3ccc(OC)c(c23)C1. The number of hydrogen-bond acceptors (Lipinski definition) is 2. The number of amides is 1. The molecule has 2 aromatic rings. The van der Waals surface area contributed by atoms with Crippen LogP contribution in [0.4, 0.5) is 0 Å². The highest BCUT2D eigenvalue weighted by atomic mass is 16.5. The molecular weight excluding hydrogens is 322 g/mol. The molecular formula is C23H31NO2. The summed E-state index contributed by atoms with van der Waals surface area (Å²) >= 11 is 0. The van der Waals surface area contributed by atoms with Gasteiger partial charge in [-0.05, 0) is 54.0 Å². The monoisotopic (exact) mass is 353 g/mol. The van der Waals surface area contributed by atoms with Crippen molar-refractivity contribution in [2.75, 3.05) is 13.7 Å². The van der Waals surface area contributed by atoms with E-state index in [1.54, 1.807) is 7.11 Å². The van der Waals surface area contributed by atoms with E-state index in [1.807, 2.05) is 0 Å². The van der Waals surface area contributed by atoms with Crippen molar-refractivity contribution < 1.29 is 9.53 Å². The Morgan fingerprint density at radius 3 is 2.85 bits per heavy atom. The number of carbonyl (C=O) groups is 1. The van der Waals surface area contributed by atoms with Gasteiger partial charge in [0.15, 0.2) is 0 Å². The van der Waals surface area contributed by atoms with Gasteiger partial charge in [-0.2, -0.15) is 0 Å². The zero-order chi connectivity index (χ0) is 18.4. The minimum Gasteiger partial charge on any atom is -0.496 e. The molecule has 1 N–H and O–H groups in total. The van der Waals surface area contributed by atoms with Crippen LogP contribution in [0.3, 0.4) is 0 Å². The summed E-state index contributed by atoms with van der Waals surface area (Å²) in [6.07, 6.45) is 8.41. The molecule has 0 aliphatic heterocycles. The average Bonchev–Trinajstić information content (AvgIpc) is 2.66. The summed E-state index contributed by atoms with van der Waals surface area (Å²) in [6.45, 7) is 2.97. The van der Waals surface area contributed by atoms with E-state index in [-0.39, 0.29) is 5.91 Å². The summed E-state index contributed by atoms with van der Waals surface area (Å²) in [5.74, 6) is 1.76. The normalized spacial score (nSPS) is 15.8. The van der Waals surface area contributed by atoms with Gasteiger partial charge in [-0.1, -0.05) is 50.5 Å². The molecule has 1 unspecified atom stereocenters. The van der Waals surface area contributed by atoms with E-state index in [2.05, 4.69) is 42.6 Å². The molecule has 2 aromatic carbocycles. The maximum absolute atomic E-state index is 12.0. The summed E-state index contributed by atoms with van der Waals surface area (Å²) in [5, 5.41) is 5.79. The summed E-state index contributed by atoms with van der Waals surface area (Å²) in [6, 6.07) is 10.8. The average molecular weight is 354 g/mol. The maximum Gasteiger partial charge on any atom is 0.219 e. The summed E-state index contributed by atoms with van der Waals surface area (Å²) < 4.78 is 5.62. The van der Waals surface area contributed by atoms with Crippen LogP contribution in [0.15, 0.2) is 30.3 Å². The first kappa shape index (κ1) is 18.8. The van der Waals surface area contributed by atoms with Crippen molar-refractivity contribution >= 4 is 16.7 Å². The Morgan fingerprint density at radius 1 is 1.15 bits per heavy atom. The van der Waals surface area contributed by atoms with E-state index in [0.717, 1.165) is 44.4 Å². The summed E-state index contributed by atoms with van der Waals surface area (Å²) in [5.41, 5.74) is 2.75. The van der Waals surface area contributed by atoms with Crippen molar-refractivity contribution in [3.8, 4) is 5.75 Å². The van der Waals surface area contributed by atoms with Crippen LogP contribution in [0.25, 0.3) is 10.8 Å². The van der Waals surface area contributed by atoms with Crippen LogP contribution < -0.4 is 10.1 Å². The molecule has 3 heteroatoms. The van der Waals surface area contributed by atoms with Crippen molar-refractivity contribution in [1.82, 2.24) is 5.32 Å². The molecule has 1 atom stereocenters. The second-order valence-corrected chi connectivity index (χ2v) is 7.49. The third-order valence-electron chi connectivity index (χ3n) is 5.55. The Balaban J connectivity index is 1.56. The number of rotatable bonds is 9. The lowest BCUT2D eigenvalue weighted by Gasteiger charge is -2.27. The zero-order valence-electron chi connectivity index (χ0n) is 16.1. The van der Waals surface area contributed by atoms with E-state index < -0.39 is 0 Å². The molecule has 1 aliphatic carbocycles. The molecule has 0 aromatic heterocycles. The molecule has 0 bridgehead atoms. The Hall–Kier alpha value is -2.03. The first-order valence-electron chi connectivity index (χ1n) is 10.1. The van der Waals surface area contributed by atoms with Gasteiger partial charge in [0.05, 0.1) is 7.11 Å². The van der Waals surface area contributed by atoms with Crippen molar-refractivity contribution in [3.05, 3.63) is 41.5 Å². The number of unbranched alkanes of at least 4 members (excludes halogenated alkanes) is 3. The number of hydrogen-bond donors (Lipinski definition) is 1. The lowest BCUT2D eigenvalue weighted by atomic mass is 9.80. The fourth-order valence-electron chi connectivity index (χ4n) is 4.17. The van der Waals surface area contributed by atoms with E-state index in [4.69, 9.17) is 4.74 Å². The molecule has 0 radical (unpaired) electrons. The van der Waals surface area contributed by atoms with E-state index in [1.165, 1.54) is 34.7 Å². The first-order chi connectivity index (χ1) is 12.7. The third kappa shape index (κ3) is 4.38. The number of ether oxygens (including phenoxy) is 1. The van der Waals surface area contributed by atoms with Crippen molar-refractivity contribution in [2.24, 2.45) is 5.92 Å². The number of carbonyl (C=O) groups excluding carboxylic acids is 1. The molecule has 0 heterocycles. The lowest BCUT2D eigenvalue weighted by Crippen LogP contribution is -2.27. The predicted octanol–water partition coefficient (Wildman–Crippen LogP) is 5.04. The second kappa shape index (κ2) is 9.07. The molecule has 0 fully saturated rings. The summed E-state index contributed by atoms with van der Waals surface area (Å²) in [7, 11) is 1.75. The van der Waals surface area contributed by atoms with Gasteiger partial charge in [-0.25, -0.2) is 0 Å². The molecule has 0 spiro atoms. The van der Waals surface area contributed by atoms with Gasteiger partial charge in [0, 0.05) is 18.5 Å². The zero-order valence-corrected chi connectivity index (χ0v) is 16.1. The quantitative estimate of drug-likeness (QED) is 0.641. The fourth-order valence-corrected chi connectivity index (χ4v) is 4.17. The molecule has 3 rings (SSSR count). The van der Waals surface area contributed by atoms with Crippen LogP contribution in [-0.2, 0) is 17.6 Å². The highest BCUT2D eigenvalue weighted by Crippen LogP contribution is 2.38. The maximum atomic E-state index is 12.0. The molecule has 0 saturated carbocycles. The third-order valence-corrected chi connectivity index (χ3v) is 5.55. The van der Waals surface area contributed by atoms with Crippen LogP contribution >= 0.6 is 0 Å². The van der Waals surface area contributed by atoms with Crippen LogP contribution in [0.1, 0.15) is 56.6 Å². The molecule has 1 amide bonds. The van der Waals surface area contributed by atoms with Gasteiger partial charge < -0.3 is 10.1 Å². The minimum atomic E-state index is 0.206. The lowest BCUT2D eigenvalue weighted by molar-refractivity contribution is -0.121. The highest BCUT2D eigenvalue weighted by Gasteiger charge is 2.23. The van der Waals surface area contributed by atoms with Crippen LogP contribution in [-0.4, -0.2) is 19.6 Å². The predicted molar refractivity (Wildman–Crippen MR) is 108 cm³/mol. The fraction of sp³-hybridized carbons (Fsp3) is 0.522. The molecule has 3 nitrogen and oxygen atoms in total. The number of methoxy groups -OCH3 is 1. The second-order valence-electron chi connectivity index (χ2n) is 7.49. The Labute approximate surface area is 157 Å². The molecule has 1 aliphatic rings. The van der Waals surface area contributed by atoms with Gasteiger partial charge in [0.25, 0.3) is 0 Å². The van der Waals surface area contributed by atoms with Crippen molar-refractivity contribution in [3.63, 3.8) is 0 Å². The Kier molecular flexibility index (Phi) is 6.54. The number of benzene rings is 2. The molecule has 140 valence electrons. The first-order valence-corrected chi connectivity index (χ1v) is 10.1. The van der Waals surface area contributed by atoms with Gasteiger partial charge in [-0.3, -0.25) is 4.79 Å². The molecule has 0 saturated heterocycles. The smallest absolute Gasteiger partial charge is 0.219 e. The van der Waals surface area contributed by atoms with Gasteiger partial charge in [-0.15, -0.1) is 0 Å².